The van der Waals surface area contributed by atoms with Gasteiger partial charge in [0.1, 0.15) is 5.75 Å². The fourth-order valence-corrected chi connectivity index (χ4v) is 3.75. The molecule has 5 heteroatoms. The minimum absolute atomic E-state index is 0.152. The van der Waals surface area contributed by atoms with Gasteiger partial charge in [0.25, 0.3) is 0 Å². The smallest absolute Gasteiger partial charge is 0.180 e. The van der Waals surface area contributed by atoms with Crippen LogP contribution in [0.4, 0.5) is 5.69 Å². The molecule has 0 amide bonds. The number of benzene rings is 1. The second kappa shape index (κ2) is 8.93. The molecule has 0 heterocycles. The number of ether oxygens (including phenoxy) is 1. The lowest BCUT2D eigenvalue weighted by atomic mass is 10.1. The van der Waals surface area contributed by atoms with Gasteiger partial charge in [-0.05, 0) is 25.5 Å². The van der Waals surface area contributed by atoms with Crippen LogP contribution < -0.4 is 10.5 Å². The van der Waals surface area contributed by atoms with Gasteiger partial charge in [-0.15, -0.1) is 0 Å². The summed E-state index contributed by atoms with van der Waals surface area (Å²) in [5, 5.41) is 0. The van der Waals surface area contributed by atoms with Crippen LogP contribution in [-0.2, 0) is 9.84 Å². The van der Waals surface area contributed by atoms with E-state index in [0.29, 0.717) is 24.5 Å². The molecule has 1 aromatic carbocycles. The van der Waals surface area contributed by atoms with Crippen molar-refractivity contribution in [1.29, 1.82) is 0 Å². The molecule has 1 rings (SSSR count). The van der Waals surface area contributed by atoms with Gasteiger partial charge in [0.15, 0.2) is 9.84 Å². The number of sulfone groups is 1. The van der Waals surface area contributed by atoms with Crippen molar-refractivity contribution in [2.45, 2.75) is 57.3 Å². The third kappa shape index (κ3) is 5.96. The SMILES string of the molecule is CCCCCCCCS(=O)(=O)c1cc(OCC)ccc1N. The Morgan fingerprint density at radius 1 is 1.05 bits per heavy atom. The van der Waals surface area contributed by atoms with E-state index in [1.165, 1.54) is 25.3 Å². The molecule has 1 aromatic rings. The van der Waals surface area contributed by atoms with Gasteiger partial charge in [0.05, 0.1) is 22.9 Å². The van der Waals surface area contributed by atoms with Crippen LogP contribution in [0.5, 0.6) is 5.75 Å². The highest BCUT2D eigenvalue weighted by molar-refractivity contribution is 7.91. The average Bonchev–Trinajstić information content (AvgIpc) is 2.45. The van der Waals surface area contributed by atoms with Crippen LogP contribution in [0.3, 0.4) is 0 Å². The van der Waals surface area contributed by atoms with E-state index in [4.69, 9.17) is 10.5 Å². The highest BCUT2D eigenvalue weighted by atomic mass is 32.2. The highest BCUT2D eigenvalue weighted by Crippen LogP contribution is 2.26. The van der Waals surface area contributed by atoms with Gasteiger partial charge in [-0.25, -0.2) is 8.42 Å². The number of hydrogen-bond acceptors (Lipinski definition) is 4. The Morgan fingerprint density at radius 2 is 1.71 bits per heavy atom. The number of unbranched alkanes of at least 4 members (excludes halogenated alkanes) is 5. The largest absolute Gasteiger partial charge is 0.494 e. The summed E-state index contributed by atoms with van der Waals surface area (Å²) in [6.07, 6.45) is 6.32. The minimum atomic E-state index is -3.33. The normalized spacial score (nSPS) is 11.5. The zero-order valence-electron chi connectivity index (χ0n) is 13.1. The number of nitrogen functional groups attached to an aromatic ring is 1. The molecule has 0 bridgehead atoms. The summed E-state index contributed by atoms with van der Waals surface area (Å²) in [5.74, 6) is 0.701. The van der Waals surface area contributed by atoms with Crippen LogP contribution in [0.2, 0.25) is 0 Å². The molecule has 4 nitrogen and oxygen atoms in total. The fourth-order valence-electron chi connectivity index (χ4n) is 2.22. The molecule has 0 unspecified atom stereocenters. The Bertz CT molecular complexity index is 526. The molecule has 0 aliphatic heterocycles. The van der Waals surface area contributed by atoms with E-state index in [1.807, 2.05) is 6.92 Å². The number of nitrogens with two attached hydrogens (primary N) is 1. The van der Waals surface area contributed by atoms with Crippen molar-refractivity contribution in [3.05, 3.63) is 18.2 Å². The van der Waals surface area contributed by atoms with Crippen LogP contribution in [0, 0.1) is 0 Å². The van der Waals surface area contributed by atoms with Gasteiger partial charge >= 0.3 is 0 Å². The molecule has 2 N–H and O–H groups in total. The van der Waals surface area contributed by atoms with E-state index in [9.17, 15) is 8.42 Å². The summed E-state index contributed by atoms with van der Waals surface area (Å²) in [4.78, 5) is 0.196. The number of rotatable bonds is 10. The maximum absolute atomic E-state index is 12.4. The van der Waals surface area contributed by atoms with Crippen LogP contribution in [0.1, 0.15) is 52.4 Å². The van der Waals surface area contributed by atoms with Crippen molar-refractivity contribution in [3.8, 4) is 5.75 Å². The van der Waals surface area contributed by atoms with Gasteiger partial charge in [-0.3, -0.25) is 0 Å². The second-order valence-electron chi connectivity index (χ2n) is 5.22. The molecule has 0 aromatic heterocycles. The molecule has 0 spiro atoms. The molecular formula is C16H27NO3S. The third-order valence-electron chi connectivity index (χ3n) is 3.40. The summed E-state index contributed by atoms with van der Waals surface area (Å²) in [6, 6.07) is 4.83. The van der Waals surface area contributed by atoms with Gasteiger partial charge in [-0.2, -0.15) is 0 Å². The number of anilines is 1. The van der Waals surface area contributed by atoms with Crippen molar-refractivity contribution >= 4 is 15.5 Å². The molecule has 21 heavy (non-hydrogen) atoms. The average molecular weight is 313 g/mol. The summed E-state index contributed by atoms with van der Waals surface area (Å²) in [6.45, 7) is 4.53. The third-order valence-corrected chi connectivity index (χ3v) is 5.25. The van der Waals surface area contributed by atoms with Crippen LogP contribution >= 0.6 is 0 Å². The number of hydrogen-bond donors (Lipinski definition) is 1. The molecule has 0 saturated carbocycles. The lowest BCUT2D eigenvalue weighted by molar-refractivity contribution is 0.339. The van der Waals surface area contributed by atoms with Crippen molar-refractivity contribution in [3.63, 3.8) is 0 Å². The van der Waals surface area contributed by atoms with Crippen LogP contribution in [0.15, 0.2) is 23.1 Å². The van der Waals surface area contributed by atoms with E-state index < -0.39 is 9.84 Å². The Labute approximate surface area is 128 Å². The van der Waals surface area contributed by atoms with Crippen LogP contribution in [0.25, 0.3) is 0 Å². The van der Waals surface area contributed by atoms with E-state index in [1.54, 1.807) is 12.1 Å². The van der Waals surface area contributed by atoms with E-state index in [0.717, 1.165) is 12.8 Å². The first-order chi connectivity index (χ1) is 10.0. The lowest BCUT2D eigenvalue weighted by Gasteiger charge is -2.10. The van der Waals surface area contributed by atoms with E-state index >= 15 is 0 Å². The predicted molar refractivity (Wildman–Crippen MR) is 87.5 cm³/mol. The predicted octanol–water partition coefficient (Wildman–Crippen LogP) is 3.80. The summed E-state index contributed by atoms with van der Waals surface area (Å²) >= 11 is 0. The molecule has 0 saturated heterocycles. The van der Waals surface area contributed by atoms with Crippen molar-refractivity contribution in [1.82, 2.24) is 0 Å². The fraction of sp³-hybridized carbons (Fsp3) is 0.625. The first-order valence-corrected chi connectivity index (χ1v) is 9.41. The Hall–Kier alpha value is -1.23. The molecule has 0 fully saturated rings. The van der Waals surface area contributed by atoms with Gasteiger partial charge in [0, 0.05) is 6.07 Å². The van der Waals surface area contributed by atoms with Crippen molar-refractivity contribution in [2.24, 2.45) is 0 Å². The zero-order valence-corrected chi connectivity index (χ0v) is 13.9. The van der Waals surface area contributed by atoms with Crippen LogP contribution in [-0.4, -0.2) is 20.8 Å². The lowest BCUT2D eigenvalue weighted by Crippen LogP contribution is -2.10. The monoisotopic (exact) mass is 313 g/mol. The molecule has 0 aliphatic rings. The Balaban J connectivity index is 2.63. The van der Waals surface area contributed by atoms with Gasteiger partial charge in [0.2, 0.25) is 0 Å². The first kappa shape index (κ1) is 17.8. The van der Waals surface area contributed by atoms with Crippen molar-refractivity contribution < 1.29 is 13.2 Å². The topological polar surface area (TPSA) is 69.4 Å². The molecule has 0 aliphatic carbocycles. The van der Waals surface area contributed by atoms with E-state index in [-0.39, 0.29) is 10.6 Å². The van der Waals surface area contributed by atoms with E-state index in [2.05, 4.69) is 6.92 Å². The maximum Gasteiger partial charge on any atom is 0.180 e. The molecule has 0 atom stereocenters. The minimum Gasteiger partial charge on any atom is -0.494 e. The Kier molecular flexibility index (Phi) is 7.57. The molecule has 120 valence electrons. The zero-order chi connectivity index (χ0) is 15.7. The molecular weight excluding hydrogens is 286 g/mol. The van der Waals surface area contributed by atoms with Gasteiger partial charge < -0.3 is 10.5 Å². The molecule has 0 radical (unpaired) electrons. The quantitative estimate of drug-likeness (QED) is 0.527. The maximum atomic E-state index is 12.4. The summed E-state index contributed by atoms with van der Waals surface area (Å²) in [7, 11) is -3.33. The second-order valence-corrected chi connectivity index (χ2v) is 7.30. The Morgan fingerprint density at radius 3 is 2.38 bits per heavy atom. The summed E-state index contributed by atoms with van der Waals surface area (Å²) in [5.41, 5.74) is 6.10. The van der Waals surface area contributed by atoms with Crippen molar-refractivity contribution in [2.75, 3.05) is 18.1 Å². The summed E-state index contributed by atoms with van der Waals surface area (Å²) < 4.78 is 30.1. The first-order valence-electron chi connectivity index (χ1n) is 7.76. The highest BCUT2D eigenvalue weighted by Gasteiger charge is 2.18. The van der Waals surface area contributed by atoms with Gasteiger partial charge in [-0.1, -0.05) is 39.0 Å². The standard InChI is InChI=1S/C16H27NO3S/c1-3-5-6-7-8-9-12-21(18,19)16-13-14(20-4-2)10-11-15(16)17/h10-11,13H,3-9,12,17H2,1-2H3.